The molecule has 1 fully saturated rings. The van der Waals surface area contributed by atoms with Gasteiger partial charge in [0.15, 0.2) is 0 Å². The first-order valence-corrected chi connectivity index (χ1v) is 13.3. The molecule has 2 aromatic carbocycles. The summed E-state index contributed by atoms with van der Waals surface area (Å²) in [5.41, 5.74) is 2.96. The lowest BCUT2D eigenvalue weighted by atomic mass is 9.87. The maximum Gasteiger partial charge on any atom is 0.265 e. The number of rotatable bonds is 5. The van der Waals surface area contributed by atoms with E-state index >= 15 is 0 Å². The predicted octanol–water partition coefficient (Wildman–Crippen LogP) is 4.21. The minimum Gasteiger partial charge on any atom is -0.353 e. The summed E-state index contributed by atoms with van der Waals surface area (Å²) in [6.45, 7) is 7.60. The lowest BCUT2D eigenvalue weighted by Crippen LogP contribution is -2.53. The maximum absolute atomic E-state index is 14.1. The van der Waals surface area contributed by atoms with Crippen molar-refractivity contribution in [1.82, 2.24) is 5.32 Å². The van der Waals surface area contributed by atoms with Crippen LogP contribution in [0.1, 0.15) is 55.7 Å². The van der Waals surface area contributed by atoms with Crippen molar-refractivity contribution in [3.05, 3.63) is 53.1 Å². The highest BCUT2D eigenvalue weighted by Crippen LogP contribution is 2.38. The van der Waals surface area contributed by atoms with Crippen molar-refractivity contribution in [2.75, 3.05) is 9.62 Å². The fourth-order valence-corrected chi connectivity index (χ4v) is 7.49. The number of para-hydroxylation sites is 2. The number of aryl methyl sites for hydroxylation is 3. The van der Waals surface area contributed by atoms with Gasteiger partial charge in [-0.25, -0.2) is 8.42 Å². The van der Waals surface area contributed by atoms with E-state index in [4.69, 9.17) is 0 Å². The van der Waals surface area contributed by atoms with Gasteiger partial charge in [0.25, 0.3) is 10.0 Å². The van der Waals surface area contributed by atoms with Crippen molar-refractivity contribution in [3.8, 4) is 0 Å². The Morgan fingerprint density at radius 1 is 1.12 bits per heavy atom. The lowest BCUT2D eigenvalue weighted by Gasteiger charge is -2.37. The van der Waals surface area contributed by atoms with Crippen LogP contribution in [0.4, 0.5) is 11.4 Å². The molecule has 0 bridgehead atoms. The Morgan fingerprint density at radius 2 is 1.79 bits per heavy atom. The Bertz CT molecular complexity index is 1200. The minimum absolute atomic E-state index is 0.0573. The number of nitrogens with one attached hydrogen (secondary N) is 2. The molecule has 2 amide bonds. The van der Waals surface area contributed by atoms with E-state index in [-0.39, 0.29) is 23.3 Å². The van der Waals surface area contributed by atoms with E-state index in [1.54, 1.807) is 38.1 Å². The van der Waals surface area contributed by atoms with E-state index in [1.165, 1.54) is 0 Å². The molecule has 182 valence electrons. The molecule has 8 heteroatoms. The first-order valence-electron chi connectivity index (χ1n) is 11.9. The van der Waals surface area contributed by atoms with E-state index in [0.29, 0.717) is 28.4 Å². The molecule has 2 aliphatic rings. The molecule has 0 radical (unpaired) electrons. The van der Waals surface area contributed by atoms with Crippen molar-refractivity contribution in [3.63, 3.8) is 0 Å². The average Bonchev–Trinajstić information content (AvgIpc) is 2.73. The largest absolute Gasteiger partial charge is 0.353 e. The van der Waals surface area contributed by atoms with Gasteiger partial charge in [-0.05, 0) is 62.8 Å². The van der Waals surface area contributed by atoms with Crippen LogP contribution in [0.2, 0.25) is 0 Å². The molecular formula is C26H33N3O4S. The SMILES string of the molecule is Cc1cc(C)c(S(=O)(=O)N2c3ccccc3NC(=O)C2CC(=O)NC2CCCC(C)C2)c(C)c1. The summed E-state index contributed by atoms with van der Waals surface area (Å²) < 4.78 is 29.3. The third kappa shape index (κ3) is 4.69. The van der Waals surface area contributed by atoms with Gasteiger partial charge in [0, 0.05) is 6.04 Å². The summed E-state index contributed by atoms with van der Waals surface area (Å²) in [4.78, 5) is 26.3. The Morgan fingerprint density at radius 3 is 2.47 bits per heavy atom. The molecule has 3 atom stereocenters. The fraction of sp³-hybridized carbons (Fsp3) is 0.462. The van der Waals surface area contributed by atoms with Crippen LogP contribution >= 0.6 is 0 Å². The number of benzene rings is 2. The van der Waals surface area contributed by atoms with Gasteiger partial charge in [-0.3, -0.25) is 13.9 Å². The van der Waals surface area contributed by atoms with Crippen LogP contribution in [0, 0.1) is 26.7 Å². The Balaban J connectivity index is 1.72. The molecule has 4 rings (SSSR count). The fourth-order valence-electron chi connectivity index (χ4n) is 5.43. The second kappa shape index (κ2) is 9.41. The van der Waals surface area contributed by atoms with Crippen molar-refractivity contribution >= 4 is 33.2 Å². The standard InChI is InChI=1S/C26H33N3O4S/c1-16-8-7-9-20(14-16)27-24(30)15-23-26(31)28-21-10-5-6-11-22(21)29(23)34(32,33)25-18(3)12-17(2)13-19(25)4/h5-6,10-13,16,20,23H,7-9,14-15H2,1-4H3,(H,27,30)(H,28,31). The number of sulfonamides is 1. The van der Waals surface area contributed by atoms with Gasteiger partial charge in [0.1, 0.15) is 6.04 Å². The number of hydrogen-bond acceptors (Lipinski definition) is 4. The van der Waals surface area contributed by atoms with Crippen LogP contribution in [-0.2, 0) is 19.6 Å². The molecule has 34 heavy (non-hydrogen) atoms. The van der Waals surface area contributed by atoms with Crippen LogP contribution < -0.4 is 14.9 Å². The zero-order chi connectivity index (χ0) is 24.6. The van der Waals surface area contributed by atoms with E-state index in [9.17, 15) is 18.0 Å². The van der Waals surface area contributed by atoms with Gasteiger partial charge in [-0.2, -0.15) is 0 Å². The van der Waals surface area contributed by atoms with E-state index in [2.05, 4.69) is 17.6 Å². The maximum atomic E-state index is 14.1. The van der Waals surface area contributed by atoms with Gasteiger partial charge in [-0.1, -0.05) is 49.6 Å². The van der Waals surface area contributed by atoms with E-state index in [1.807, 2.05) is 19.1 Å². The molecular weight excluding hydrogens is 450 g/mol. The Hall–Kier alpha value is -2.87. The van der Waals surface area contributed by atoms with E-state index in [0.717, 1.165) is 35.6 Å². The summed E-state index contributed by atoms with van der Waals surface area (Å²) in [7, 11) is -4.13. The summed E-state index contributed by atoms with van der Waals surface area (Å²) in [5, 5.41) is 5.84. The second-order valence-corrected chi connectivity index (χ2v) is 11.5. The highest BCUT2D eigenvalue weighted by molar-refractivity contribution is 7.93. The zero-order valence-corrected chi connectivity index (χ0v) is 21.0. The molecule has 2 aromatic rings. The summed E-state index contributed by atoms with van der Waals surface area (Å²) >= 11 is 0. The van der Waals surface area contributed by atoms with Gasteiger partial charge in [0.2, 0.25) is 11.8 Å². The zero-order valence-electron chi connectivity index (χ0n) is 20.2. The average molecular weight is 484 g/mol. The number of carbonyl (C=O) groups is 2. The molecule has 0 aromatic heterocycles. The highest BCUT2D eigenvalue weighted by Gasteiger charge is 2.43. The molecule has 1 aliphatic heterocycles. The Labute approximate surface area is 202 Å². The summed E-state index contributed by atoms with van der Waals surface area (Å²) in [5.74, 6) is -0.277. The van der Waals surface area contributed by atoms with Crippen molar-refractivity contribution in [2.45, 2.75) is 76.8 Å². The smallest absolute Gasteiger partial charge is 0.265 e. The third-order valence-corrected chi connectivity index (χ3v) is 8.92. The number of hydrogen-bond donors (Lipinski definition) is 2. The van der Waals surface area contributed by atoms with Crippen LogP contribution in [0.3, 0.4) is 0 Å². The highest BCUT2D eigenvalue weighted by atomic mass is 32.2. The summed E-state index contributed by atoms with van der Waals surface area (Å²) in [6, 6.07) is 9.33. The Kier molecular flexibility index (Phi) is 6.71. The van der Waals surface area contributed by atoms with Gasteiger partial charge in [0.05, 0.1) is 22.7 Å². The molecule has 1 heterocycles. The van der Waals surface area contributed by atoms with Crippen LogP contribution in [0.25, 0.3) is 0 Å². The van der Waals surface area contributed by atoms with E-state index < -0.39 is 22.0 Å². The third-order valence-electron chi connectivity index (χ3n) is 6.79. The molecule has 1 saturated carbocycles. The number of nitrogens with zero attached hydrogens (tertiary/aromatic N) is 1. The van der Waals surface area contributed by atoms with Crippen molar-refractivity contribution < 1.29 is 18.0 Å². The molecule has 2 N–H and O–H groups in total. The van der Waals surface area contributed by atoms with Gasteiger partial charge < -0.3 is 10.6 Å². The number of anilines is 2. The van der Waals surface area contributed by atoms with Crippen LogP contribution in [0.5, 0.6) is 0 Å². The van der Waals surface area contributed by atoms with Crippen molar-refractivity contribution in [2.24, 2.45) is 5.92 Å². The molecule has 0 spiro atoms. The topological polar surface area (TPSA) is 95.6 Å². The number of amides is 2. The lowest BCUT2D eigenvalue weighted by molar-refractivity contribution is -0.126. The first-order chi connectivity index (χ1) is 16.1. The summed E-state index contributed by atoms with van der Waals surface area (Å²) in [6.07, 6.45) is 3.76. The normalized spacial score (nSPS) is 22.6. The van der Waals surface area contributed by atoms with Gasteiger partial charge in [-0.15, -0.1) is 0 Å². The molecule has 0 saturated heterocycles. The minimum atomic E-state index is -4.13. The molecule has 3 unspecified atom stereocenters. The number of carbonyl (C=O) groups excluding carboxylic acids is 2. The van der Waals surface area contributed by atoms with Gasteiger partial charge >= 0.3 is 0 Å². The van der Waals surface area contributed by atoms with Crippen LogP contribution in [0.15, 0.2) is 41.3 Å². The van der Waals surface area contributed by atoms with Crippen molar-refractivity contribution in [1.29, 1.82) is 0 Å². The second-order valence-electron chi connectivity index (χ2n) is 9.79. The first kappa shape index (κ1) is 24.3. The predicted molar refractivity (Wildman–Crippen MR) is 133 cm³/mol. The molecule has 1 aliphatic carbocycles. The monoisotopic (exact) mass is 483 g/mol. The molecule has 7 nitrogen and oxygen atoms in total. The quantitative estimate of drug-likeness (QED) is 0.666. The van der Waals surface area contributed by atoms with Crippen LogP contribution in [-0.4, -0.2) is 32.3 Å². The number of fused-ring (bicyclic) bond motifs is 1.